The summed E-state index contributed by atoms with van der Waals surface area (Å²) in [4.78, 5) is 0. The van der Waals surface area contributed by atoms with Crippen LogP contribution in [-0.2, 0) is 4.74 Å². The Bertz CT molecular complexity index is 730. The van der Waals surface area contributed by atoms with Gasteiger partial charge in [0.15, 0.2) is 6.23 Å². The zero-order chi connectivity index (χ0) is 17.7. The van der Waals surface area contributed by atoms with Crippen molar-refractivity contribution in [2.75, 3.05) is 0 Å². The molecule has 2 fully saturated rings. The van der Waals surface area contributed by atoms with Crippen molar-refractivity contribution in [2.45, 2.75) is 56.6 Å². The molecule has 5 heteroatoms. The number of aliphatic hydroxyl groups excluding tert-OH is 2. The second-order valence-electron chi connectivity index (χ2n) is 8.17. The Labute approximate surface area is 153 Å². The van der Waals surface area contributed by atoms with Gasteiger partial charge < -0.3 is 14.9 Å². The van der Waals surface area contributed by atoms with E-state index in [9.17, 15) is 10.2 Å². The van der Waals surface area contributed by atoms with Crippen LogP contribution in [0.1, 0.15) is 32.1 Å². The van der Waals surface area contributed by atoms with E-state index in [0.717, 1.165) is 37.0 Å². The van der Waals surface area contributed by atoms with E-state index < -0.39 is 6.23 Å². The van der Waals surface area contributed by atoms with Gasteiger partial charge in [0, 0.05) is 5.92 Å². The van der Waals surface area contributed by atoms with Gasteiger partial charge >= 0.3 is 0 Å². The number of allylic oxidation sites excluding steroid dienone is 4. The first-order chi connectivity index (χ1) is 12.7. The van der Waals surface area contributed by atoms with Crippen molar-refractivity contribution in [1.82, 2.24) is 5.43 Å². The Kier molecular flexibility index (Phi) is 4.11. The monoisotopic (exact) mass is 354 g/mol. The number of ether oxygens (including phenoxy) is 1. The minimum Gasteiger partial charge on any atom is -0.393 e. The van der Waals surface area contributed by atoms with Crippen LogP contribution in [0.3, 0.4) is 0 Å². The molecule has 0 aromatic carbocycles. The maximum atomic E-state index is 10.2. The molecule has 0 spiro atoms. The Morgan fingerprint density at radius 2 is 2.08 bits per heavy atom. The minimum absolute atomic E-state index is 0.0153. The molecule has 1 saturated carbocycles. The fourth-order valence-electron chi connectivity index (χ4n) is 4.95. The van der Waals surface area contributed by atoms with E-state index in [1.807, 2.05) is 12.2 Å². The van der Waals surface area contributed by atoms with Crippen LogP contribution in [0, 0.1) is 17.8 Å². The van der Waals surface area contributed by atoms with E-state index in [1.54, 1.807) is 0 Å². The maximum Gasteiger partial charge on any atom is 0.162 e. The maximum absolute atomic E-state index is 10.2. The van der Waals surface area contributed by atoms with E-state index in [4.69, 9.17) is 4.74 Å². The highest BCUT2D eigenvalue weighted by Gasteiger charge is 2.46. The highest BCUT2D eigenvalue weighted by molar-refractivity contribution is 5.96. The summed E-state index contributed by atoms with van der Waals surface area (Å²) in [5.74, 6) is 0.884. The Morgan fingerprint density at radius 1 is 1.19 bits per heavy atom. The first kappa shape index (κ1) is 16.5. The van der Waals surface area contributed by atoms with Crippen LogP contribution < -0.4 is 5.43 Å². The van der Waals surface area contributed by atoms with Gasteiger partial charge in [-0.05, 0) is 43.6 Å². The van der Waals surface area contributed by atoms with Crippen LogP contribution in [0.2, 0.25) is 0 Å². The third kappa shape index (κ3) is 2.79. The third-order valence-corrected chi connectivity index (χ3v) is 6.42. The SMILES string of the molecule is OC1CC(CCCC2=CC3C4=NNC(O)C5=CC=CC(OC3C=C2)C54)C1. The lowest BCUT2D eigenvalue weighted by molar-refractivity contribution is -0.0106. The van der Waals surface area contributed by atoms with Crippen molar-refractivity contribution in [1.29, 1.82) is 0 Å². The van der Waals surface area contributed by atoms with Gasteiger partial charge in [-0.2, -0.15) is 5.10 Å². The summed E-state index contributed by atoms with van der Waals surface area (Å²) in [6.45, 7) is 0. The van der Waals surface area contributed by atoms with Gasteiger partial charge in [-0.25, -0.2) is 0 Å². The minimum atomic E-state index is -0.725. The second-order valence-corrected chi connectivity index (χ2v) is 8.17. The zero-order valence-electron chi connectivity index (χ0n) is 14.8. The van der Waals surface area contributed by atoms with E-state index in [-0.39, 0.29) is 30.1 Å². The summed E-state index contributed by atoms with van der Waals surface area (Å²) in [6.07, 6.45) is 17.3. The van der Waals surface area contributed by atoms with Gasteiger partial charge in [-0.1, -0.05) is 42.0 Å². The molecule has 0 aromatic rings. The molecule has 26 heavy (non-hydrogen) atoms. The molecule has 5 nitrogen and oxygen atoms in total. The summed E-state index contributed by atoms with van der Waals surface area (Å²) in [7, 11) is 0. The molecular weight excluding hydrogens is 328 g/mol. The molecule has 5 atom stereocenters. The number of aliphatic hydroxyl groups is 2. The average molecular weight is 354 g/mol. The van der Waals surface area contributed by atoms with Crippen LogP contribution in [-0.4, -0.2) is 40.5 Å². The highest BCUT2D eigenvalue weighted by Crippen LogP contribution is 2.41. The van der Waals surface area contributed by atoms with Crippen LogP contribution in [0.15, 0.2) is 52.7 Å². The van der Waals surface area contributed by atoms with Gasteiger partial charge in [0.2, 0.25) is 0 Å². The lowest BCUT2D eigenvalue weighted by atomic mass is 9.72. The Balaban J connectivity index is 1.30. The number of nitrogens with zero attached hydrogens (tertiary/aromatic N) is 1. The standard InChI is InChI=1S/C21H26N2O3/c24-14-9-13(10-14)4-1-3-12-7-8-17-16(11-12)20-19-15(21(25)23-22-20)5-2-6-18(19)26-17/h2,5-8,11,13-14,16-19,21,23-25H,1,3-4,9-10H2. The van der Waals surface area contributed by atoms with Gasteiger partial charge in [0.1, 0.15) is 0 Å². The van der Waals surface area contributed by atoms with Crippen molar-refractivity contribution >= 4 is 5.71 Å². The molecule has 0 radical (unpaired) electrons. The second kappa shape index (κ2) is 6.48. The number of nitrogens with one attached hydrogen (secondary N) is 1. The topological polar surface area (TPSA) is 74.1 Å². The molecule has 2 aliphatic heterocycles. The molecule has 5 rings (SSSR count). The van der Waals surface area contributed by atoms with E-state index >= 15 is 0 Å². The third-order valence-electron chi connectivity index (χ3n) is 6.42. The zero-order valence-corrected chi connectivity index (χ0v) is 14.8. The smallest absolute Gasteiger partial charge is 0.162 e. The van der Waals surface area contributed by atoms with Crippen molar-refractivity contribution in [2.24, 2.45) is 22.9 Å². The molecule has 0 amide bonds. The lowest BCUT2D eigenvalue weighted by Gasteiger charge is -2.45. The van der Waals surface area contributed by atoms with Gasteiger partial charge in [-0.3, -0.25) is 5.43 Å². The normalized spacial score (nSPS) is 42.5. The number of rotatable bonds is 4. The van der Waals surface area contributed by atoms with Crippen LogP contribution >= 0.6 is 0 Å². The quantitative estimate of drug-likeness (QED) is 0.724. The summed E-state index contributed by atoms with van der Waals surface area (Å²) >= 11 is 0. The molecule has 0 bridgehead atoms. The number of hydrogen-bond acceptors (Lipinski definition) is 5. The number of hydrogen-bond donors (Lipinski definition) is 3. The van der Waals surface area contributed by atoms with Crippen molar-refractivity contribution in [3.05, 3.63) is 47.6 Å². The van der Waals surface area contributed by atoms with Crippen LogP contribution in [0.5, 0.6) is 0 Å². The molecule has 3 N–H and O–H groups in total. The highest BCUT2D eigenvalue weighted by atomic mass is 16.5. The molecule has 138 valence electrons. The predicted octanol–water partition coefficient (Wildman–Crippen LogP) is 2.20. The summed E-state index contributed by atoms with van der Waals surface area (Å²) < 4.78 is 6.30. The largest absolute Gasteiger partial charge is 0.393 e. The van der Waals surface area contributed by atoms with Gasteiger partial charge in [0.05, 0.1) is 29.9 Å². The van der Waals surface area contributed by atoms with Crippen molar-refractivity contribution < 1.29 is 14.9 Å². The van der Waals surface area contributed by atoms with Gasteiger partial charge in [-0.15, -0.1) is 0 Å². The molecule has 3 aliphatic carbocycles. The average Bonchev–Trinajstić information content (AvgIpc) is 2.63. The van der Waals surface area contributed by atoms with Gasteiger partial charge in [0.25, 0.3) is 0 Å². The molecule has 0 aromatic heterocycles. The van der Waals surface area contributed by atoms with Crippen molar-refractivity contribution in [3.63, 3.8) is 0 Å². The Hall–Kier alpha value is -1.69. The predicted molar refractivity (Wildman–Crippen MR) is 99.2 cm³/mol. The number of hydrazone groups is 1. The molecule has 5 unspecified atom stereocenters. The molecular formula is C21H26N2O3. The molecule has 2 heterocycles. The number of fused-ring (bicyclic) bond motifs is 2. The summed E-state index contributed by atoms with van der Waals surface area (Å²) in [5.41, 5.74) is 6.25. The Morgan fingerprint density at radius 3 is 2.92 bits per heavy atom. The summed E-state index contributed by atoms with van der Waals surface area (Å²) in [5, 5.41) is 24.1. The fraction of sp³-hybridized carbons (Fsp3) is 0.571. The van der Waals surface area contributed by atoms with Crippen LogP contribution in [0.25, 0.3) is 0 Å². The van der Waals surface area contributed by atoms with Crippen LogP contribution in [0.4, 0.5) is 0 Å². The molecule has 1 saturated heterocycles. The van der Waals surface area contributed by atoms with Crippen molar-refractivity contribution in [3.8, 4) is 0 Å². The first-order valence-electron chi connectivity index (χ1n) is 9.81. The lowest BCUT2D eigenvalue weighted by Crippen LogP contribution is -2.54. The fourth-order valence-corrected chi connectivity index (χ4v) is 4.95. The van der Waals surface area contributed by atoms with E-state index in [0.29, 0.717) is 5.92 Å². The van der Waals surface area contributed by atoms with E-state index in [2.05, 4.69) is 34.8 Å². The molecule has 5 aliphatic rings. The van der Waals surface area contributed by atoms with E-state index in [1.165, 1.54) is 12.0 Å². The first-order valence-corrected chi connectivity index (χ1v) is 9.81. The summed E-state index contributed by atoms with van der Waals surface area (Å²) in [6, 6.07) is 0.